The zero-order valence-corrected chi connectivity index (χ0v) is 13.7. The van der Waals surface area contributed by atoms with Crippen LogP contribution >= 0.6 is 22.7 Å². The smallest absolute Gasteiger partial charge is 0.261 e. The number of fused-ring (bicyclic) bond motifs is 1. The van der Waals surface area contributed by atoms with Gasteiger partial charge in [-0.3, -0.25) is 4.79 Å². The van der Waals surface area contributed by atoms with Gasteiger partial charge in [-0.05, 0) is 24.4 Å². The lowest BCUT2D eigenvalue weighted by molar-refractivity contribution is 0.0960. The molecule has 0 unspecified atom stereocenters. The maximum absolute atomic E-state index is 12.0. The minimum Gasteiger partial charge on any atom is -0.410 e. The van der Waals surface area contributed by atoms with Crippen LogP contribution in [0.4, 0.5) is 5.95 Å². The monoisotopic (exact) mass is 347 g/mol. The molecule has 0 fully saturated rings. The second kappa shape index (κ2) is 6.31. The highest BCUT2D eigenvalue weighted by Gasteiger charge is 2.20. The number of nitrogen functional groups attached to an aromatic ring is 1. The lowest BCUT2D eigenvalue weighted by atomic mass is 10.1. The second-order valence-electron chi connectivity index (χ2n) is 4.55. The molecule has 9 heteroatoms. The summed E-state index contributed by atoms with van der Waals surface area (Å²) in [6, 6.07) is 5.36. The summed E-state index contributed by atoms with van der Waals surface area (Å²) in [6.07, 6.45) is 0. The van der Waals surface area contributed by atoms with Gasteiger partial charge in [0.15, 0.2) is 0 Å². The number of amides is 1. The highest BCUT2D eigenvalue weighted by atomic mass is 32.1. The summed E-state index contributed by atoms with van der Waals surface area (Å²) in [4.78, 5) is 22.2. The summed E-state index contributed by atoms with van der Waals surface area (Å²) in [5.74, 6) is -0.117. The molecule has 0 atom stereocenters. The Kier molecular flexibility index (Phi) is 4.22. The highest BCUT2D eigenvalue weighted by molar-refractivity contribution is 7.20. The molecule has 3 aromatic rings. The topological polar surface area (TPSA) is 113 Å². The van der Waals surface area contributed by atoms with Crippen LogP contribution in [0.2, 0.25) is 0 Å². The van der Waals surface area contributed by atoms with E-state index in [9.17, 15) is 10.0 Å². The van der Waals surface area contributed by atoms with Gasteiger partial charge in [-0.1, -0.05) is 11.2 Å². The Balaban J connectivity index is 2.18. The number of carbonyl (C=O) groups is 1. The largest absolute Gasteiger partial charge is 0.410 e. The van der Waals surface area contributed by atoms with Crippen LogP contribution < -0.4 is 11.1 Å². The number of carbonyl (C=O) groups excluding carboxylic acids is 1. The van der Waals surface area contributed by atoms with E-state index in [0.29, 0.717) is 33.0 Å². The van der Waals surface area contributed by atoms with Crippen molar-refractivity contribution in [2.45, 2.75) is 6.92 Å². The van der Waals surface area contributed by atoms with E-state index in [1.807, 2.05) is 24.4 Å². The Bertz CT molecular complexity index is 886. The van der Waals surface area contributed by atoms with Crippen LogP contribution in [0.3, 0.4) is 0 Å². The Hall–Kier alpha value is -2.52. The van der Waals surface area contributed by atoms with Gasteiger partial charge in [0.1, 0.15) is 16.2 Å². The zero-order valence-electron chi connectivity index (χ0n) is 12.1. The number of nitrogens with two attached hydrogens (primary N) is 1. The molecule has 0 aromatic carbocycles. The SMILES string of the molecule is CCNC(=O)c1cc2c(/C(=N\O)c3cccs3)nc(N)nc2s1. The van der Waals surface area contributed by atoms with Crippen LogP contribution in [0.5, 0.6) is 0 Å². The molecule has 7 nitrogen and oxygen atoms in total. The molecule has 3 rings (SSSR count). The molecule has 0 aliphatic heterocycles. The molecular formula is C14H13N5O2S2. The number of anilines is 1. The van der Waals surface area contributed by atoms with Gasteiger partial charge in [-0.15, -0.1) is 22.7 Å². The van der Waals surface area contributed by atoms with Crippen molar-refractivity contribution in [2.24, 2.45) is 5.16 Å². The van der Waals surface area contributed by atoms with E-state index in [-0.39, 0.29) is 11.9 Å². The van der Waals surface area contributed by atoms with Gasteiger partial charge in [-0.25, -0.2) is 9.97 Å². The summed E-state index contributed by atoms with van der Waals surface area (Å²) in [7, 11) is 0. The number of hydrogen-bond donors (Lipinski definition) is 3. The first kappa shape index (κ1) is 15.4. The van der Waals surface area contributed by atoms with Gasteiger partial charge in [0, 0.05) is 11.9 Å². The predicted octanol–water partition coefficient (Wildman–Crippen LogP) is 2.31. The summed E-state index contributed by atoms with van der Waals surface area (Å²) in [6.45, 7) is 2.38. The van der Waals surface area contributed by atoms with E-state index in [1.54, 1.807) is 6.07 Å². The third-order valence-electron chi connectivity index (χ3n) is 3.05. The lowest BCUT2D eigenvalue weighted by Gasteiger charge is -2.04. The van der Waals surface area contributed by atoms with Crippen molar-refractivity contribution in [1.29, 1.82) is 0 Å². The zero-order chi connectivity index (χ0) is 16.4. The number of thiophene rings is 2. The van der Waals surface area contributed by atoms with Crippen LogP contribution in [0, 0.1) is 0 Å². The molecular weight excluding hydrogens is 334 g/mol. The van der Waals surface area contributed by atoms with Gasteiger partial charge in [0.05, 0.1) is 9.75 Å². The maximum atomic E-state index is 12.0. The molecule has 1 amide bonds. The maximum Gasteiger partial charge on any atom is 0.261 e. The standard InChI is InChI=1S/C14H13N5O2S2/c1-2-16-12(20)9-6-7-10(17-14(15)18-13(7)23-9)11(19-21)8-4-3-5-22-8/h3-6,21H,2H2,1H3,(H,16,20)(H2,15,17,18)/b19-11-. The normalized spacial score (nSPS) is 11.8. The average molecular weight is 347 g/mol. The van der Waals surface area contributed by atoms with Crippen LogP contribution in [0.15, 0.2) is 28.7 Å². The van der Waals surface area contributed by atoms with E-state index in [2.05, 4.69) is 20.4 Å². The first-order chi connectivity index (χ1) is 11.1. The van der Waals surface area contributed by atoms with Crippen molar-refractivity contribution >= 4 is 50.5 Å². The first-order valence-electron chi connectivity index (χ1n) is 6.75. The van der Waals surface area contributed by atoms with Gasteiger partial charge in [0.25, 0.3) is 5.91 Å². The number of nitrogens with one attached hydrogen (secondary N) is 1. The predicted molar refractivity (Wildman–Crippen MR) is 91.6 cm³/mol. The van der Waals surface area contributed by atoms with E-state index in [0.717, 1.165) is 4.88 Å². The summed E-state index contributed by atoms with van der Waals surface area (Å²) >= 11 is 2.64. The molecule has 0 spiro atoms. The van der Waals surface area contributed by atoms with Crippen LogP contribution in [0.1, 0.15) is 27.2 Å². The molecule has 3 heterocycles. The van der Waals surface area contributed by atoms with Crippen LogP contribution in [0.25, 0.3) is 10.2 Å². The highest BCUT2D eigenvalue weighted by Crippen LogP contribution is 2.29. The molecule has 0 saturated carbocycles. The Labute approximate surface area is 139 Å². The Morgan fingerprint density at radius 2 is 2.26 bits per heavy atom. The van der Waals surface area contributed by atoms with E-state index in [4.69, 9.17) is 5.73 Å². The third kappa shape index (κ3) is 2.88. The summed E-state index contributed by atoms with van der Waals surface area (Å²) < 4.78 is 0. The summed E-state index contributed by atoms with van der Waals surface area (Å²) in [5, 5.41) is 18.0. The number of nitrogens with zero attached hydrogens (tertiary/aromatic N) is 3. The molecule has 0 aliphatic carbocycles. The number of oxime groups is 1. The third-order valence-corrected chi connectivity index (χ3v) is 4.95. The average Bonchev–Trinajstić information content (AvgIpc) is 3.17. The molecule has 0 bridgehead atoms. The van der Waals surface area contributed by atoms with Crippen molar-refractivity contribution in [2.75, 3.05) is 12.3 Å². The van der Waals surface area contributed by atoms with E-state index in [1.165, 1.54) is 22.7 Å². The molecule has 0 saturated heterocycles. The van der Waals surface area contributed by atoms with Crippen molar-refractivity contribution < 1.29 is 10.0 Å². The lowest BCUT2D eigenvalue weighted by Crippen LogP contribution is -2.21. The van der Waals surface area contributed by atoms with Crippen molar-refractivity contribution in [1.82, 2.24) is 15.3 Å². The fraction of sp³-hybridized carbons (Fsp3) is 0.143. The molecule has 0 aliphatic rings. The van der Waals surface area contributed by atoms with Gasteiger partial charge < -0.3 is 16.3 Å². The van der Waals surface area contributed by atoms with Gasteiger partial charge in [0.2, 0.25) is 5.95 Å². The molecule has 0 radical (unpaired) electrons. The minimum atomic E-state index is -0.182. The van der Waals surface area contributed by atoms with Crippen molar-refractivity contribution in [3.8, 4) is 0 Å². The first-order valence-corrected chi connectivity index (χ1v) is 8.45. The Morgan fingerprint density at radius 3 is 2.91 bits per heavy atom. The van der Waals surface area contributed by atoms with Gasteiger partial charge in [-0.2, -0.15) is 0 Å². The number of hydrogen-bond acceptors (Lipinski definition) is 8. The second-order valence-corrected chi connectivity index (χ2v) is 6.52. The van der Waals surface area contributed by atoms with Crippen molar-refractivity contribution in [3.05, 3.63) is 39.0 Å². The quantitative estimate of drug-likeness (QED) is 0.381. The van der Waals surface area contributed by atoms with Crippen LogP contribution in [-0.4, -0.2) is 33.3 Å². The number of aromatic nitrogens is 2. The fourth-order valence-electron chi connectivity index (χ4n) is 2.10. The molecule has 118 valence electrons. The molecule has 23 heavy (non-hydrogen) atoms. The fourth-order valence-corrected chi connectivity index (χ4v) is 3.77. The van der Waals surface area contributed by atoms with Crippen LogP contribution in [-0.2, 0) is 0 Å². The van der Waals surface area contributed by atoms with E-state index >= 15 is 0 Å². The van der Waals surface area contributed by atoms with Crippen molar-refractivity contribution in [3.63, 3.8) is 0 Å². The molecule has 3 aromatic heterocycles. The van der Waals surface area contributed by atoms with E-state index < -0.39 is 0 Å². The van der Waals surface area contributed by atoms with Gasteiger partial charge >= 0.3 is 0 Å². The minimum absolute atomic E-state index is 0.0644. The number of rotatable bonds is 4. The molecule has 4 N–H and O–H groups in total. The summed E-state index contributed by atoms with van der Waals surface area (Å²) in [5.41, 5.74) is 6.48. The Morgan fingerprint density at radius 1 is 1.43 bits per heavy atom.